The second-order valence-electron chi connectivity index (χ2n) is 9.26. The Bertz CT molecular complexity index is 976. The summed E-state index contributed by atoms with van der Waals surface area (Å²) in [6.07, 6.45) is 6.89. The molecule has 0 aromatic heterocycles. The zero-order valence-corrected chi connectivity index (χ0v) is 19.3. The summed E-state index contributed by atoms with van der Waals surface area (Å²) in [4.78, 5) is 2.61. The van der Waals surface area contributed by atoms with E-state index in [0.29, 0.717) is 6.54 Å². The Hall–Kier alpha value is -2.62. The van der Waals surface area contributed by atoms with E-state index < -0.39 is 0 Å². The van der Waals surface area contributed by atoms with Crippen LogP contribution in [0.1, 0.15) is 54.4 Å². The van der Waals surface area contributed by atoms with Gasteiger partial charge in [-0.25, -0.2) is 0 Å². The van der Waals surface area contributed by atoms with Gasteiger partial charge < -0.3 is 10.5 Å². The SMILES string of the molecule is Cc1cccc(Oc2ccc(CN(Cc3cccc(CN)c3)CC3CCCCC3)cc2)c1. The van der Waals surface area contributed by atoms with Crippen molar-refractivity contribution in [3.63, 3.8) is 0 Å². The molecule has 1 fully saturated rings. The van der Waals surface area contributed by atoms with Crippen molar-refractivity contribution in [2.45, 2.75) is 58.7 Å². The van der Waals surface area contributed by atoms with Gasteiger partial charge in [0.1, 0.15) is 11.5 Å². The lowest BCUT2D eigenvalue weighted by Gasteiger charge is -2.30. The van der Waals surface area contributed by atoms with Gasteiger partial charge in [-0.3, -0.25) is 4.90 Å². The molecule has 0 unspecified atom stereocenters. The van der Waals surface area contributed by atoms with E-state index in [9.17, 15) is 0 Å². The number of benzene rings is 3. The number of hydrogen-bond donors (Lipinski definition) is 1. The number of ether oxygens (including phenoxy) is 1. The maximum Gasteiger partial charge on any atom is 0.127 e. The Labute approximate surface area is 193 Å². The van der Waals surface area contributed by atoms with Gasteiger partial charge in [0, 0.05) is 26.2 Å². The van der Waals surface area contributed by atoms with Gasteiger partial charge >= 0.3 is 0 Å². The first-order chi connectivity index (χ1) is 15.7. The number of nitrogens with two attached hydrogens (primary N) is 1. The van der Waals surface area contributed by atoms with Gasteiger partial charge in [0.2, 0.25) is 0 Å². The highest BCUT2D eigenvalue weighted by Gasteiger charge is 2.18. The monoisotopic (exact) mass is 428 g/mol. The van der Waals surface area contributed by atoms with E-state index in [1.165, 1.54) is 54.4 Å². The minimum Gasteiger partial charge on any atom is -0.457 e. The second-order valence-corrected chi connectivity index (χ2v) is 9.26. The smallest absolute Gasteiger partial charge is 0.127 e. The maximum atomic E-state index is 6.04. The van der Waals surface area contributed by atoms with Crippen LogP contribution in [-0.4, -0.2) is 11.4 Å². The molecule has 2 N–H and O–H groups in total. The number of hydrogen-bond acceptors (Lipinski definition) is 3. The third kappa shape index (κ3) is 6.69. The van der Waals surface area contributed by atoms with Crippen LogP contribution < -0.4 is 10.5 Å². The molecule has 1 aliphatic rings. The quantitative estimate of drug-likeness (QED) is 0.406. The topological polar surface area (TPSA) is 38.5 Å². The number of rotatable bonds is 9. The summed E-state index contributed by atoms with van der Waals surface area (Å²) in [7, 11) is 0. The number of aryl methyl sites for hydroxylation is 1. The first-order valence-corrected chi connectivity index (χ1v) is 12.0. The maximum absolute atomic E-state index is 6.04. The highest BCUT2D eigenvalue weighted by molar-refractivity contribution is 5.35. The van der Waals surface area contributed by atoms with E-state index in [-0.39, 0.29) is 0 Å². The third-order valence-electron chi connectivity index (χ3n) is 6.43. The van der Waals surface area contributed by atoms with Gasteiger partial charge in [-0.2, -0.15) is 0 Å². The molecule has 0 aliphatic heterocycles. The lowest BCUT2D eigenvalue weighted by atomic mass is 9.88. The van der Waals surface area contributed by atoms with Crippen LogP contribution in [0, 0.1) is 12.8 Å². The van der Waals surface area contributed by atoms with Crippen molar-refractivity contribution in [1.29, 1.82) is 0 Å². The molecule has 0 spiro atoms. The van der Waals surface area contributed by atoms with E-state index in [1.54, 1.807) is 0 Å². The van der Waals surface area contributed by atoms with Crippen molar-refractivity contribution in [3.05, 3.63) is 95.1 Å². The van der Waals surface area contributed by atoms with Crippen LogP contribution >= 0.6 is 0 Å². The zero-order chi connectivity index (χ0) is 22.2. The second kappa shape index (κ2) is 11.3. The fourth-order valence-corrected chi connectivity index (χ4v) is 4.77. The van der Waals surface area contributed by atoms with E-state index in [0.717, 1.165) is 37.1 Å². The molecule has 1 aliphatic carbocycles. The molecular weight excluding hydrogens is 392 g/mol. The summed E-state index contributed by atoms with van der Waals surface area (Å²) in [5.41, 5.74) is 11.0. The average molecular weight is 429 g/mol. The number of nitrogens with zero attached hydrogens (tertiary/aromatic N) is 1. The molecule has 0 amide bonds. The van der Waals surface area contributed by atoms with Crippen molar-refractivity contribution in [2.24, 2.45) is 11.7 Å². The first kappa shape index (κ1) is 22.6. The summed E-state index contributed by atoms with van der Waals surface area (Å²) in [6.45, 7) is 5.76. The average Bonchev–Trinajstić information content (AvgIpc) is 2.81. The molecule has 32 heavy (non-hydrogen) atoms. The van der Waals surface area contributed by atoms with E-state index in [4.69, 9.17) is 10.5 Å². The van der Waals surface area contributed by atoms with Crippen molar-refractivity contribution < 1.29 is 4.74 Å². The standard InChI is InChI=1S/C29H36N2O/c1-23-7-5-12-29(17-23)32-28-15-13-25(14-16-28)21-31(20-24-8-3-2-4-9-24)22-27-11-6-10-26(18-27)19-30/h5-7,10-18,24H,2-4,8-9,19-22,30H2,1H3. The van der Waals surface area contributed by atoms with Crippen molar-refractivity contribution >= 4 is 0 Å². The normalized spacial score (nSPS) is 14.6. The molecule has 0 radical (unpaired) electrons. The van der Waals surface area contributed by atoms with Crippen LogP contribution in [0.4, 0.5) is 0 Å². The molecule has 0 bridgehead atoms. The van der Waals surface area contributed by atoms with Gasteiger partial charge in [0.15, 0.2) is 0 Å². The first-order valence-electron chi connectivity index (χ1n) is 12.0. The Morgan fingerprint density at radius 3 is 2.25 bits per heavy atom. The van der Waals surface area contributed by atoms with Crippen LogP contribution in [0.15, 0.2) is 72.8 Å². The molecule has 168 valence electrons. The molecule has 0 atom stereocenters. The fraction of sp³-hybridized carbons (Fsp3) is 0.379. The molecule has 3 aromatic carbocycles. The van der Waals surface area contributed by atoms with Crippen molar-refractivity contribution in [3.8, 4) is 11.5 Å². The summed E-state index contributed by atoms with van der Waals surface area (Å²) in [5, 5.41) is 0. The third-order valence-corrected chi connectivity index (χ3v) is 6.43. The fourth-order valence-electron chi connectivity index (χ4n) is 4.77. The van der Waals surface area contributed by atoms with Crippen LogP contribution in [0.3, 0.4) is 0 Å². The van der Waals surface area contributed by atoms with Crippen molar-refractivity contribution in [1.82, 2.24) is 4.90 Å². The summed E-state index contributed by atoms with van der Waals surface area (Å²) in [6, 6.07) is 25.5. The molecule has 3 heteroatoms. The van der Waals surface area contributed by atoms with E-state index in [1.807, 2.05) is 12.1 Å². The predicted molar refractivity (Wildman–Crippen MR) is 133 cm³/mol. The molecular formula is C29H36N2O. The lowest BCUT2D eigenvalue weighted by molar-refractivity contribution is 0.187. The largest absolute Gasteiger partial charge is 0.457 e. The summed E-state index contributed by atoms with van der Waals surface area (Å²) >= 11 is 0. The molecule has 1 saturated carbocycles. The van der Waals surface area contributed by atoms with Crippen LogP contribution in [0.2, 0.25) is 0 Å². The van der Waals surface area contributed by atoms with Crippen molar-refractivity contribution in [2.75, 3.05) is 6.54 Å². The van der Waals surface area contributed by atoms with Crippen LogP contribution in [0.5, 0.6) is 11.5 Å². The zero-order valence-electron chi connectivity index (χ0n) is 19.3. The minimum atomic E-state index is 0.596. The summed E-state index contributed by atoms with van der Waals surface area (Å²) in [5.74, 6) is 2.58. The van der Waals surface area contributed by atoms with E-state index in [2.05, 4.69) is 72.5 Å². The van der Waals surface area contributed by atoms with Crippen LogP contribution in [-0.2, 0) is 19.6 Å². The van der Waals surface area contributed by atoms with Gasteiger partial charge in [-0.1, -0.05) is 67.8 Å². The Kier molecular flexibility index (Phi) is 7.97. The minimum absolute atomic E-state index is 0.596. The molecule has 3 aromatic rings. The highest BCUT2D eigenvalue weighted by atomic mass is 16.5. The predicted octanol–water partition coefficient (Wildman–Crippen LogP) is 6.83. The van der Waals surface area contributed by atoms with Gasteiger partial charge in [-0.05, 0) is 72.2 Å². The lowest BCUT2D eigenvalue weighted by Crippen LogP contribution is -2.30. The van der Waals surface area contributed by atoms with Crippen LogP contribution in [0.25, 0.3) is 0 Å². The summed E-state index contributed by atoms with van der Waals surface area (Å²) < 4.78 is 6.04. The molecule has 0 saturated heterocycles. The molecule has 3 nitrogen and oxygen atoms in total. The Balaban J connectivity index is 1.44. The molecule has 4 rings (SSSR count). The highest BCUT2D eigenvalue weighted by Crippen LogP contribution is 2.27. The van der Waals surface area contributed by atoms with E-state index >= 15 is 0 Å². The Morgan fingerprint density at radius 1 is 0.781 bits per heavy atom. The van der Waals surface area contributed by atoms with Gasteiger partial charge in [0.05, 0.1) is 0 Å². The Morgan fingerprint density at radius 2 is 1.50 bits per heavy atom. The van der Waals surface area contributed by atoms with Gasteiger partial charge in [-0.15, -0.1) is 0 Å². The molecule has 0 heterocycles. The van der Waals surface area contributed by atoms with Gasteiger partial charge in [0.25, 0.3) is 0 Å².